The van der Waals surface area contributed by atoms with Gasteiger partial charge in [-0.1, -0.05) is 6.07 Å². The number of nitrogens with two attached hydrogens (primary N) is 1. The third-order valence-corrected chi connectivity index (χ3v) is 4.06. The van der Waals surface area contributed by atoms with Gasteiger partial charge in [-0.2, -0.15) is 5.26 Å². The molecule has 0 spiro atoms. The molecule has 0 unspecified atom stereocenters. The first-order chi connectivity index (χ1) is 9.60. The lowest BCUT2D eigenvalue weighted by Crippen LogP contribution is -2.25. The lowest BCUT2D eigenvalue weighted by molar-refractivity contribution is -0.118. The Morgan fingerprint density at radius 1 is 1.50 bits per heavy atom. The summed E-state index contributed by atoms with van der Waals surface area (Å²) in [5, 5.41) is 12.5. The Morgan fingerprint density at radius 3 is 3.05 bits per heavy atom. The van der Waals surface area contributed by atoms with Crippen LogP contribution in [0.2, 0.25) is 0 Å². The number of fused-ring (bicyclic) bond motifs is 1. The average molecular weight is 285 g/mol. The lowest BCUT2D eigenvalue weighted by atomic mass is 10.0. The van der Waals surface area contributed by atoms with Gasteiger partial charge in [0.15, 0.2) is 6.61 Å². The summed E-state index contributed by atoms with van der Waals surface area (Å²) in [6.45, 7) is 1.95. The molecule has 20 heavy (non-hydrogen) atoms. The maximum atomic E-state index is 11.4. The van der Waals surface area contributed by atoms with Crippen molar-refractivity contribution in [2.24, 2.45) is 0 Å². The number of nitrogens with one attached hydrogen (secondary N) is 1. The second-order valence-corrected chi connectivity index (χ2v) is 5.69. The zero-order valence-corrected chi connectivity index (χ0v) is 11.5. The van der Waals surface area contributed by atoms with Crippen LogP contribution in [0.3, 0.4) is 0 Å². The zero-order valence-electron chi connectivity index (χ0n) is 10.7. The van der Waals surface area contributed by atoms with Gasteiger partial charge < -0.3 is 15.8 Å². The first kappa shape index (κ1) is 12.5. The van der Waals surface area contributed by atoms with Crippen LogP contribution in [0.15, 0.2) is 18.2 Å². The molecule has 0 radical (unpaired) electrons. The molecule has 1 aliphatic heterocycles. The molecule has 3 rings (SSSR count). The van der Waals surface area contributed by atoms with E-state index in [4.69, 9.17) is 10.5 Å². The van der Waals surface area contributed by atoms with Crippen molar-refractivity contribution in [3.05, 3.63) is 28.6 Å². The fraction of sp³-hybridized carbons (Fsp3) is 0.143. The topological polar surface area (TPSA) is 88.1 Å². The number of thiophene rings is 1. The maximum absolute atomic E-state index is 11.4. The number of carbonyl (C=O) groups is 1. The number of carbonyl (C=O) groups excluding carboxylic acids is 1. The highest BCUT2D eigenvalue weighted by atomic mass is 32.1. The summed E-state index contributed by atoms with van der Waals surface area (Å²) >= 11 is 1.39. The molecule has 2 heterocycles. The van der Waals surface area contributed by atoms with Crippen molar-refractivity contribution < 1.29 is 9.53 Å². The van der Waals surface area contributed by atoms with Crippen molar-refractivity contribution in [1.29, 1.82) is 5.26 Å². The Balaban J connectivity index is 2.15. The molecule has 100 valence electrons. The number of anilines is 2. The van der Waals surface area contributed by atoms with Gasteiger partial charge in [-0.15, -0.1) is 11.3 Å². The van der Waals surface area contributed by atoms with Crippen molar-refractivity contribution in [2.75, 3.05) is 17.7 Å². The van der Waals surface area contributed by atoms with Gasteiger partial charge >= 0.3 is 0 Å². The highest BCUT2D eigenvalue weighted by Crippen LogP contribution is 2.40. The second-order valence-electron chi connectivity index (χ2n) is 4.43. The molecule has 6 heteroatoms. The molecule has 3 N–H and O–H groups in total. The van der Waals surface area contributed by atoms with Gasteiger partial charge in [-0.3, -0.25) is 4.79 Å². The van der Waals surface area contributed by atoms with Crippen molar-refractivity contribution in [3.63, 3.8) is 0 Å². The van der Waals surface area contributed by atoms with Gasteiger partial charge in [0.2, 0.25) is 0 Å². The van der Waals surface area contributed by atoms with Gasteiger partial charge in [-0.05, 0) is 24.6 Å². The number of amides is 1. The van der Waals surface area contributed by atoms with E-state index >= 15 is 0 Å². The van der Waals surface area contributed by atoms with E-state index in [0.717, 1.165) is 16.0 Å². The summed E-state index contributed by atoms with van der Waals surface area (Å²) < 4.78 is 5.32. The quantitative estimate of drug-likeness (QED) is 0.842. The van der Waals surface area contributed by atoms with Crippen LogP contribution in [0.5, 0.6) is 5.75 Å². The van der Waals surface area contributed by atoms with Gasteiger partial charge in [0.1, 0.15) is 16.8 Å². The van der Waals surface area contributed by atoms with Gasteiger partial charge in [0.25, 0.3) is 5.91 Å². The number of hydrogen-bond donors (Lipinski definition) is 2. The number of nitrogen functional groups attached to an aromatic ring is 1. The zero-order chi connectivity index (χ0) is 14.3. The van der Waals surface area contributed by atoms with Crippen LogP contribution in [-0.2, 0) is 4.79 Å². The predicted molar refractivity (Wildman–Crippen MR) is 77.7 cm³/mol. The molecule has 2 aromatic rings. The molecule has 0 saturated carbocycles. The minimum atomic E-state index is -0.184. The predicted octanol–water partition coefficient (Wildman–Crippen LogP) is 2.51. The average Bonchev–Trinajstić information content (AvgIpc) is 2.71. The molecule has 1 aromatic heterocycles. The molecule has 0 fully saturated rings. The number of nitrogens with zero attached hydrogens (tertiary/aromatic N) is 1. The fourth-order valence-electron chi connectivity index (χ4n) is 2.26. The number of benzene rings is 1. The van der Waals surface area contributed by atoms with Crippen LogP contribution in [0, 0.1) is 18.3 Å². The first-order valence-electron chi connectivity index (χ1n) is 5.96. The van der Waals surface area contributed by atoms with E-state index in [0.29, 0.717) is 22.0 Å². The summed E-state index contributed by atoms with van der Waals surface area (Å²) in [5.74, 6) is 0.449. The molecular formula is C14H11N3O2S. The number of aryl methyl sites for hydroxylation is 1. The number of nitriles is 1. The monoisotopic (exact) mass is 285 g/mol. The third-order valence-electron chi connectivity index (χ3n) is 3.12. The Morgan fingerprint density at radius 2 is 2.30 bits per heavy atom. The van der Waals surface area contributed by atoms with Crippen molar-refractivity contribution in [3.8, 4) is 22.9 Å². The summed E-state index contributed by atoms with van der Waals surface area (Å²) in [6.07, 6.45) is 0. The van der Waals surface area contributed by atoms with Crippen LogP contribution >= 0.6 is 11.3 Å². The van der Waals surface area contributed by atoms with Crippen LogP contribution in [0.1, 0.15) is 10.4 Å². The van der Waals surface area contributed by atoms with Crippen LogP contribution in [0.4, 0.5) is 10.7 Å². The van der Waals surface area contributed by atoms with Gasteiger partial charge in [0.05, 0.1) is 11.3 Å². The van der Waals surface area contributed by atoms with Crippen LogP contribution < -0.4 is 15.8 Å². The summed E-state index contributed by atoms with van der Waals surface area (Å²) in [7, 11) is 0. The second kappa shape index (κ2) is 4.54. The molecule has 1 aromatic carbocycles. The third kappa shape index (κ3) is 1.89. The van der Waals surface area contributed by atoms with E-state index < -0.39 is 0 Å². The van der Waals surface area contributed by atoms with Crippen molar-refractivity contribution in [1.82, 2.24) is 0 Å². The molecular weight excluding hydrogens is 274 g/mol. The fourth-order valence-corrected chi connectivity index (χ4v) is 3.17. The SMILES string of the molecule is Cc1sc(N)c(C#N)c1-c1ccc2c(c1)NC(=O)CO2. The number of rotatable bonds is 1. The summed E-state index contributed by atoms with van der Waals surface area (Å²) in [6, 6.07) is 7.60. The Kier molecular flexibility index (Phi) is 2.84. The molecule has 5 nitrogen and oxygen atoms in total. The highest BCUT2D eigenvalue weighted by Gasteiger charge is 2.20. The standard InChI is InChI=1S/C14H11N3O2S/c1-7-13(9(5-15)14(16)20-7)8-2-3-11-10(4-8)17-12(18)6-19-11/h2-4H,6,16H2,1H3,(H,17,18). The molecule has 1 aliphatic rings. The van der Waals surface area contributed by atoms with Gasteiger partial charge in [0, 0.05) is 10.4 Å². The highest BCUT2D eigenvalue weighted by molar-refractivity contribution is 7.16. The number of ether oxygens (including phenoxy) is 1. The van der Waals surface area contributed by atoms with E-state index in [2.05, 4.69) is 11.4 Å². The van der Waals surface area contributed by atoms with E-state index in [9.17, 15) is 10.1 Å². The molecule has 0 bridgehead atoms. The Bertz CT molecular complexity index is 759. The lowest BCUT2D eigenvalue weighted by Gasteiger charge is -2.18. The smallest absolute Gasteiger partial charge is 0.262 e. The van der Waals surface area contributed by atoms with Crippen molar-refractivity contribution >= 4 is 27.9 Å². The van der Waals surface area contributed by atoms with E-state index in [1.165, 1.54) is 11.3 Å². The summed E-state index contributed by atoms with van der Waals surface area (Å²) in [5.41, 5.74) is 8.61. The first-order valence-corrected chi connectivity index (χ1v) is 6.78. The minimum Gasteiger partial charge on any atom is -0.482 e. The minimum absolute atomic E-state index is 0.0280. The van der Waals surface area contributed by atoms with E-state index in [1.807, 2.05) is 19.1 Å². The van der Waals surface area contributed by atoms with Crippen molar-refractivity contribution in [2.45, 2.75) is 6.92 Å². The molecule has 0 atom stereocenters. The normalized spacial score (nSPS) is 13.1. The van der Waals surface area contributed by atoms with E-state index in [1.54, 1.807) is 6.07 Å². The largest absolute Gasteiger partial charge is 0.482 e. The summed E-state index contributed by atoms with van der Waals surface area (Å²) in [4.78, 5) is 12.3. The molecule has 0 aliphatic carbocycles. The van der Waals surface area contributed by atoms with Gasteiger partial charge in [-0.25, -0.2) is 0 Å². The van der Waals surface area contributed by atoms with Crippen LogP contribution in [0.25, 0.3) is 11.1 Å². The number of hydrogen-bond acceptors (Lipinski definition) is 5. The Hall–Kier alpha value is -2.52. The van der Waals surface area contributed by atoms with Crippen LogP contribution in [-0.4, -0.2) is 12.5 Å². The molecule has 1 amide bonds. The molecule has 0 saturated heterocycles. The maximum Gasteiger partial charge on any atom is 0.262 e. The van der Waals surface area contributed by atoms with E-state index in [-0.39, 0.29) is 12.5 Å². The Labute approximate surface area is 119 Å².